The van der Waals surface area contributed by atoms with Crippen LogP contribution >= 0.6 is 0 Å². The van der Waals surface area contributed by atoms with Crippen LogP contribution in [0.15, 0.2) is 78.9 Å². The molecule has 3 rings (SSSR count). The summed E-state index contributed by atoms with van der Waals surface area (Å²) in [5.74, 6) is 0.299. The van der Waals surface area contributed by atoms with Crippen LogP contribution in [0.2, 0.25) is 0 Å². The van der Waals surface area contributed by atoms with E-state index in [0.29, 0.717) is 18.0 Å². The monoisotopic (exact) mass is 418 g/mol. The van der Waals surface area contributed by atoms with E-state index in [-0.39, 0.29) is 24.9 Å². The second-order valence-corrected chi connectivity index (χ2v) is 7.17. The fourth-order valence-electron chi connectivity index (χ4n) is 3.36. The Morgan fingerprint density at radius 2 is 1.32 bits per heavy atom. The van der Waals surface area contributed by atoms with Crippen LogP contribution in [-0.4, -0.2) is 38.6 Å². The minimum Gasteiger partial charge on any atom is -0.495 e. The third-order valence-corrected chi connectivity index (χ3v) is 4.99. The number of para-hydroxylation sites is 3. The van der Waals surface area contributed by atoms with E-state index in [0.717, 1.165) is 21.7 Å². The zero-order valence-electron chi connectivity index (χ0n) is 17.9. The van der Waals surface area contributed by atoms with Crippen molar-refractivity contribution in [3.63, 3.8) is 0 Å². The van der Waals surface area contributed by atoms with Crippen molar-refractivity contribution in [2.24, 2.45) is 0 Å². The molecule has 3 aromatic carbocycles. The quantitative estimate of drug-likeness (QED) is 0.500. The van der Waals surface area contributed by atoms with Gasteiger partial charge in [0.25, 0.3) is 11.8 Å². The standard InChI is InChI=1S/C25H27N3O3/c1-3-28(18-25(30)27-22-15-9-10-16-23(22)31-2)17-24(29)26-21-14-8-7-13-20(21)19-11-5-4-6-12-19/h4-16H,3,17-18H2,1-2H3,(H,26,29)(H,27,30)/p+1. The Hall–Kier alpha value is -3.64. The molecule has 6 nitrogen and oxygen atoms in total. The predicted molar refractivity (Wildman–Crippen MR) is 123 cm³/mol. The van der Waals surface area contributed by atoms with Crippen molar-refractivity contribution in [3.8, 4) is 16.9 Å². The molecule has 3 aromatic rings. The van der Waals surface area contributed by atoms with Gasteiger partial charge in [-0.1, -0.05) is 60.7 Å². The zero-order valence-corrected chi connectivity index (χ0v) is 17.9. The Morgan fingerprint density at radius 1 is 0.774 bits per heavy atom. The number of carbonyl (C=O) groups is 2. The first-order valence-electron chi connectivity index (χ1n) is 10.3. The SMILES string of the molecule is CC[NH+](CC(=O)Nc1ccccc1OC)CC(=O)Nc1ccccc1-c1ccccc1. The predicted octanol–water partition coefficient (Wildman–Crippen LogP) is 2.84. The molecule has 0 radical (unpaired) electrons. The first-order chi connectivity index (χ1) is 15.1. The number of amides is 2. The maximum atomic E-state index is 12.7. The summed E-state index contributed by atoms with van der Waals surface area (Å²) >= 11 is 0. The van der Waals surface area contributed by atoms with Crippen LogP contribution in [0, 0.1) is 0 Å². The van der Waals surface area contributed by atoms with Gasteiger partial charge in [0, 0.05) is 11.3 Å². The molecule has 0 aliphatic carbocycles. The minimum absolute atomic E-state index is 0.134. The van der Waals surface area contributed by atoms with Gasteiger partial charge >= 0.3 is 0 Å². The number of likely N-dealkylation sites (N-methyl/N-ethyl adjacent to an activating group) is 1. The van der Waals surface area contributed by atoms with E-state index >= 15 is 0 Å². The molecule has 0 aliphatic heterocycles. The highest BCUT2D eigenvalue weighted by Crippen LogP contribution is 2.27. The lowest BCUT2D eigenvalue weighted by Gasteiger charge is -2.18. The van der Waals surface area contributed by atoms with Crippen molar-refractivity contribution in [1.82, 2.24) is 0 Å². The number of carbonyl (C=O) groups excluding carboxylic acids is 2. The molecular weight excluding hydrogens is 390 g/mol. The number of rotatable bonds is 9. The number of hydrogen-bond donors (Lipinski definition) is 3. The van der Waals surface area contributed by atoms with Crippen molar-refractivity contribution < 1.29 is 19.2 Å². The normalized spacial score (nSPS) is 11.4. The first kappa shape index (κ1) is 22.1. The molecule has 160 valence electrons. The van der Waals surface area contributed by atoms with Gasteiger partial charge in [-0.25, -0.2) is 0 Å². The van der Waals surface area contributed by atoms with Gasteiger partial charge in [-0.15, -0.1) is 0 Å². The fraction of sp³-hybridized carbons (Fsp3) is 0.200. The van der Waals surface area contributed by atoms with Crippen molar-refractivity contribution in [1.29, 1.82) is 0 Å². The Morgan fingerprint density at radius 3 is 1.97 bits per heavy atom. The highest BCUT2D eigenvalue weighted by Gasteiger charge is 2.18. The number of methoxy groups -OCH3 is 1. The topological polar surface area (TPSA) is 71.9 Å². The van der Waals surface area contributed by atoms with Gasteiger partial charge in [-0.2, -0.15) is 0 Å². The summed E-state index contributed by atoms with van der Waals surface area (Å²) in [5.41, 5.74) is 3.37. The number of quaternary nitrogens is 1. The molecule has 2 amide bonds. The van der Waals surface area contributed by atoms with Crippen molar-refractivity contribution in [2.45, 2.75) is 6.92 Å². The van der Waals surface area contributed by atoms with Crippen LogP contribution in [0.25, 0.3) is 11.1 Å². The molecule has 0 spiro atoms. The summed E-state index contributed by atoms with van der Waals surface area (Å²) in [6, 6.07) is 24.9. The van der Waals surface area contributed by atoms with Crippen LogP contribution in [0.1, 0.15) is 6.92 Å². The van der Waals surface area contributed by atoms with E-state index in [1.807, 2.05) is 73.7 Å². The molecule has 0 aliphatic rings. The summed E-state index contributed by atoms with van der Waals surface area (Å²) in [4.78, 5) is 26.1. The fourth-order valence-corrected chi connectivity index (χ4v) is 3.36. The second kappa shape index (κ2) is 10.9. The van der Waals surface area contributed by atoms with E-state index < -0.39 is 0 Å². The first-order valence-corrected chi connectivity index (χ1v) is 10.3. The van der Waals surface area contributed by atoms with Crippen molar-refractivity contribution in [2.75, 3.05) is 37.4 Å². The molecule has 0 aromatic heterocycles. The molecule has 1 atom stereocenters. The smallest absolute Gasteiger partial charge is 0.279 e. The maximum Gasteiger partial charge on any atom is 0.279 e. The largest absolute Gasteiger partial charge is 0.495 e. The lowest BCUT2D eigenvalue weighted by atomic mass is 10.0. The number of nitrogens with one attached hydrogen (secondary N) is 3. The molecule has 3 N–H and O–H groups in total. The third kappa shape index (κ3) is 6.17. The molecule has 0 saturated carbocycles. The molecular formula is C25H28N3O3+. The van der Waals surface area contributed by atoms with Gasteiger partial charge < -0.3 is 20.3 Å². The molecule has 1 unspecified atom stereocenters. The Balaban J connectivity index is 1.61. The van der Waals surface area contributed by atoms with Gasteiger partial charge in [0.05, 0.1) is 19.3 Å². The van der Waals surface area contributed by atoms with Crippen LogP contribution in [0.4, 0.5) is 11.4 Å². The number of ether oxygens (including phenoxy) is 1. The molecule has 0 fully saturated rings. The average molecular weight is 419 g/mol. The number of anilines is 2. The van der Waals surface area contributed by atoms with E-state index in [2.05, 4.69) is 10.6 Å². The highest BCUT2D eigenvalue weighted by atomic mass is 16.5. The summed E-state index contributed by atoms with van der Waals surface area (Å²) in [7, 11) is 1.56. The highest BCUT2D eigenvalue weighted by molar-refractivity contribution is 5.96. The molecule has 0 bridgehead atoms. The van der Waals surface area contributed by atoms with E-state index in [4.69, 9.17) is 4.74 Å². The number of hydrogen-bond acceptors (Lipinski definition) is 3. The van der Waals surface area contributed by atoms with Crippen LogP contribution in [0.3, 0.4) is 0 Å². The Bertz CT molecular complexity index is 1020. The lowest BCUT2D eigenvalue weighted by molar-refractivity contribution is -0.881. The summed E-state index contributed by atoms with van der Waals surface area (Å²) < 4.78 is 5.27. The molecule has 6 heteroatoms. The second-order valence-electron chi connectivity index (χ2n) is 7.17. The van der Waals surface area contributed by atoms with E-state index in [1.165, 1.54) is 0 Å². The van der Waals surface area contributed by atoms with Gasteiger partial charge in [0.2, 0.25) is 0 Å². The molecule has 0 heterocycles. The number of benzene rings is 3. The maximum absolute atomic E-state index is 12.7. The zero-order chi connectivity index (χ0) is 22.1. The van der Waals surface area contributed by atoms with Crippen LogP contribution < -0.4 is 20.3 Å². The minimum atomic E-state index is -0.168. The van der Waals surface area contributed by atoms with Gasteiger partial charge in [-0.3, -0.25) is 9.59 Å². The van der Waals surface area contributed by atoms with Gasteiger partial charge in [-0.05, 0) is 30.7 Å². The van der Waals surface area contributed by atoms with Crippen molar-refractivity contribution in [3.05, 3.63) is 78.9 Å². The van der Waals surface area contributed by atoms with Crippen molar-refractivity contribution >= 4 is 23.2 Å². The molecule has 31 heavy (non-hydrogen) atoms. The van der Waals surface area contributed by atoms with Crippen LogP contribution in [-0.2, 0) is 9.59 Å². The summed E-state index contributed by atoms with van der Waals surface area (Å²) in [6.45, 7) is 2.98. The van der Waals surface area contributed by atoms with E-state index in [1.54, 1.807) is 19.2 Å². The Kier molecular flexibility index (Phi) is 7.79. The summed E-state index contributed by atoms with van der Waals surface area (Å²) in [6.07, 6.45) is 0. The van der Waals surface area contributed by atoms with E-state index in [9.17, 15) is 9.59 Å². The van der Waals surface area contributed by atoms with Gasteiger partial charge in [0.1, 0.15) is 5.75 Å². The summed E-state index contributed by atoms with van der Waals surface area (Å²) in [5, 5.41) is 5.87. The average Bonchev–Trinajstić information content (AvgIpc) is 2.80. The Labute approximate surface area is 182 Å². The molecule has 0 saturated heterocycles. The lowest BCUT2D eigenvalue weighted by Crippen LogP contribution is -3.13. The van der Waals surface area contributed by atoms with Gasteiger partial charge in [0.15, 0.2) is 13.1 Å². The van der Waals surface area contributed by atoms with Crippen LogP contribution in [0.5, 0.6) is 5.75 Å². The third-order valence-electron chi connectivity index (χ3n) is 4.99.